The average molecular weight is 341 g/mol. The summed E-state index contributed by atoms with van der Waals surface area (Å²) in [6.07, 6.45) is 3.44. The van der Waals surface area contributed by atoms with E-state index in [9.17, 15) is 9.59 Å². The first-order valence-electron chi connectivity index (χ1n) is 8.67. The van der Waals surface area contributed by atoms with Gasteiger partial charge in [0.1, 0.15) is 5.75 Å². The molecule has 0 aliphatic heterocycles. The second-order valence-electron chi connectivity index (χ2n) is 6.40. The molecule has 1 amide bonds. The van der Waals surface area contributed by atoms with Crippen molar-refractivity contribution in [1.82, 2.24) is 5.32 Å². The third-order valence-corrected chi connectivity index (χ3v) is 4.68. The third-order valence-electron chi connectivity index (χ3n) is 4.68. The van der Waals surface area contributed by atoms with Gasteiger partial charge in [0.25, 0.3) is 5.91 Å². The number of carbonyl (C=O) groups is 2. The van der Waals surface area contributed by atoms with Gasteiger partial charge in [-0.3, -0.25) is 4.79 Å². The van der Waals surface area contributed by atoms with E-state index in [0.717, 1.165) is 36.5 Å². The quantitative estimate of drug-likeness (QED) is 0.846. The molecule has 0 bridgehead atoms. The molecule has 25 heavy (non-hydrogen) atoms. The Morgan fingerprint density at radius 3 is 2.44 bits per heavy atom. The van der Waals surface area contributed by atoms with Crippen LogP contribution in [0.25, 0.3) is 10.8 Å². The largest absolute Gasteiger partial charge is 0.496 e. The van der Waals surface area contributed by atoms with Gasteiger partial charge in [-0.25, -0.2) is 4.79 Å². The summed E-state index contributed by atoms with van der Waals surface area (Å²) in [6, 6.07) is 11.1. The predicted octanol–water partition coefficient (Wildman–Crippen LogP) is 3.45. The molecule has 3 rings (SSSR count). The molecule has 1 aliphatic rings. The average Bonchev–Trinajstić information content (AvgIpc) is 3.13. The van der Waals surface area contributed by atoms with Gasteiger partial charge in [-0.2, -0.15) is 0 Å². The number of ether oxygens (including phenoxy) is 2. The van der Waals surface area contributed by atoms with Gasteiger partial charge in [0.05, 0.1) is 12.7 Å². The molecule has 132 valence electrons. The van der Waals surface area contributed by atoms with Crippen LogP contribution in [0.15, 0.2) is 36.4 Å². The zero-order valence-electron chi connectivity index (χ0n) is 14.6. The van der Waals surface area contributed by atoms with Crippen molar-refractivity contribution in [3.8, 4) is 5.75 Å². The Kier molecular flexibility index (Phi) is 5.22. The van der Waals surface area contributed by atoms with E-state index in [2.05, 4.69) is 5.32 Å². The number of fused-ring (bicyclic) bond motifs is 1. The Morgan fingerprint density at radius 1 is 1.08 bits per heavy atom. The van der Waals surface area contributed by atoms with E-state index >= 15 is 0 Å². The summed E-state index contributed by atoms with van der Waals surface area (Å²) in [4.78, 5) is 24.8. The minimum absolute atomic E-state index is 0.204. The molecule has 1 saturated carbocycles. The van der Waals surface area contributed by atoms with Crippen LogP contribution in [-0.2, 0) is 9.53 Å². The van der Waals surface area contributed by atoms with E-state index in [1.165, 1.54) is 0 Å². The van der Waals surface area contributed by atoms with Gasteiger partial charge in [-0.15, -0.1) is 0 Å². The SMILES string of the molecule is COc1ccc(C(=O)O[C@H](C)C(=O)NC2CCCC2)c2ccccc12. The van der Waals surface area contributed by atoms with Gasteiger partial charge in [0.15, 0.2) is 6.10 Å². The monoisotopic (exact) mass is 341 g/mol. The molecule has 1 aliphatic carbocycles. The Balaban J connectivity index is 1.74. The summed E-state index contributed by atoms with van der Waals surface area (Å²) in [5.41, 5.74) is 0.428. The summed E-state index contributed by atoms with van der Waals surface area (Å²) in [5.74, 6) is -0.0508. The number of esters is 1. The van der Waals surface area contributed by atoms with E-state index in [0.29, 0.717) is 11.3 Å². The van der Waals surface area contributed by atoms with Crippen molar-refractivity contribution in [2.75, 3.05) is 7.11 Å². The molecule has 1 fully saturated rings. The van der Waals surface area contributed by atoms with Gasteiger partial charge in [0.2, 0.25) is 0 Å². The molecule has 0 unspecified atom stereocenters. The highest BCUT2D eigenvalue weighted by molar-refractivity contribution is 6.06. The van der Waals surface area contributed by atoms with Crippen LogP contribution in [-0.4, -0.2) is 31.1 Å². The topological polar surface area (TPSA) is 64.6 Å². The van der Waals surface area contributed by atoms with Crippen LogP contribution in [0.3, 0.4) is 0 Å². The summed E-state index contributed by atoms with van der Waals surface area (Å²) in [6.45, 7) is 1.61. The predicted molar refractivity (Wildman–Crippen MR) is 95.8 cm³/mol. The number of carbonyl (C=O) groups excluding carboxylic acids is 2. The molecule has 0 spiro atoms. The molecule has 1 N–H and O–H groups in total. The minimum atomic E-state index is -0.825. The first-order valence-corrected chi connectivity index (χ1v) is 8.67. The summed E-state index contributed by atoms with van der Waals surface area (Å²) >= 11 is 0. The first kappa shape index (κ1) is 17.3. The standard InChI is InChI=1S/C20H23NO4/c1-13(19(22)21-14-7-3-4-8-14)25-20(23)17-11-12-18(24-2)16-10-6-5-9-15(16)17/h5-6,9-14H,3-4,7-8H2,1-2H3,(H,21,22)/t13-/m1/s1. The number of hydrogen-bond acceptors (Lipinski definition) is 4. The van der Waals surface area contributed by atoms with Gasteiger partial charge >= 0.3 is 5.97 Å². The van der Waals surface area contributed by atoms with Gasteiger partial charge < -0.3 is 14.8 Å². The zero-order chi connectivity index (χ0) is 17.8. The first-order chi connectivity index (χ1) is 12.1. The van der Waals surface area contributed by atoms with Crippen LogP contribution in [0.5, 0.6) is 5.75 Å². The fraction of sp³-hybridized carbons (Fsp3) is 0.400. The maximum Gasteiger partial charge on any atom is 0.339 e. The highest BCUT2D eigenvalue weighted by Crippen LogP contribution is 2.29. The number of amides is 1. The number of methoxy groups -OCH3 is 1. The van der Waals surface area contributed by atoms with Crippen molar-refractivity contribution in [2.45, 2.75) is 44.8 Å². The maximum absolute atomic E-state index is 12.6. The van der Waals surface area contributed by atoms with E-state index in [-0.39, 0.29) is 11.9 Å². The van der Waals surface area contributed by atoms with E-state index in [1.54, 1.807) is 26.2 Å². The normalized spacial score (nSPS) is 15.8. The molecule has 5 heteroatoms. The second-order valence-corrected chi connectivity index (χ2v) is 6.40. The summed E-state index contributed by atoms with van der Waals surface area (Å²) in [7, 11) is 1.59. The second kappa shape index (κ2) is 7.55. The van der Waals surface area contributed by atoms with Gasteiger partial charge in [0, 0.05) is 11.4 Å². The summed E-state index contributed by atoms with van der Waals surface area (Å²) < 4.78 is 10.7. The molecule has 1 atom stereocenters. The number of hydrogen-bond donors (Lipinski definition) is 1. The van der Waals surface area contributed by atoms with Gasteiger partial charge in [-0.1, -0.05) is 37.1 Å². The molecular weight excluding hydrogens is 318 g/mol. The van der Waals surface area contributed by atoms with Crippen LogP contribution in [0.4, 0.5) is 0 Å². The smallest absolute Gasteiger partial charge is 0.339 e. The van der Waals surface area contributed by atoms with E-state index in [4.69, 9.17) is 9.47 Å². The van der Waals surface area contributed by atoms with Gasteiger partial charge in [-0.05, 0) is 37.3 Å². The van der Waals surface area contributed by atoms with Crippen LogP contribution >= 0.6 is 0 Å². The molecule has 0 heterocycles. The minimum Gasteiger partial charge on any atom is -0.496 e. The zero-order valence-corrected chi connectivity index (χ0v) is 14.6. The highest BCUT2D eigenvalue weighted by atomic mass is 16.5. The Bertz CT molecular complexity index is 780. The van der Waals surface area contributed by atoms with Crippen molar-refractivity contribution in [2.24, 2.45) is 0 Å². The molecular formula is C20H23NO4. The van der Waals surface area contributed by atoms with Crippen LogP contribution in [0.2, 0.25) is 0 Å². The molecule has 2 aromatic carbocycles. The van der Waals surface area contributed by atoms with Crippen molar-refractivity contribution in [3.05, 3.63) is 42.0 Å². The van der Waals surface area contributed by atoms with Crippen LogP contribution < -0.4 is 10.1 Å². The van der Waals surface area contributed by atoms with Crippen LogP contribution in [0, 0.1) is 0 Å². The molecule has 0 radical (unpaired) electrons. The van der Waals surface area contributed by atoms with Crippen molar-refractivity contribution >= 4 is 22.6 Å². The van der Waals surface area contributed by atoms with Crippen molar-refractivity contribution in [3.63, 3.8) is 0 Å². The lowest BCUT2D eigenvalue weighted by Gasteiger charge is -2.18. The van der Waals surface area contributed by atoms with E-state index in [1.807, 2.05) is 24.3 Å². The molecule has 5 nitrogen and oxygen atoms in total. The maximum atomic E-state index is 12.6. The van der Waals surface area contributed by atoms with Crippen molar-refractivity contribution in [1.29, 1.82) is 0 Å². The third kappa shape index (κ3) is 3.76. The lowest BCUT2D eigenvalue weighted by atomic mass is 10.0. The number of benzene rings is 2. The Hall–Kier alpha value is -2.56. The lowest BCUT2D eigenvalue weighted by Crippen LogP contribution is -2.40. The highest BCUT2D eigenvalue weighted by Gasteiger charge is 2.24. The van der Waals surface area contributed by atoms with E-state index < -0.39 is 12.1 Å². The van der Waals surface area contributed by atoms with Crippen LogP contribution in [0.1, 0.15) is 43.0 Å². The Labute approximate surface area is 147 Å². The summed E-state index contributed by atoms with van der Waals surface area (Å²) in [5, 5.41) is 4.54. The number of nitrogens with one attached hydrogen (secondary N) is 1. The lowest BCUT2D eigenvalue weighted by molar-refractivity contribution is -0.129. The number of rotatable bonds is 5. The fourth-order valence-corrected chi connectivity index (χ4v) is 3.29. The fourth-order valence-electron chi connectivity index (χ4n) is 3.29. The Morgan fingerprint density at radius 2 is 1.76 bits per heavy atom. The molecule has 0 aromatic heterocycles. The molecule has 2 aromatic rings. The molecule has 0 saturated heterocycles. The van der Waals surface area contributed by atoms with Crippen molar-refractivity contribution < 1.29 is 19.1 Å².